The molecule has 0 amide bonds. The Morgan fingerprint density at radius 1 is 1.20 bits per heavy atom. The molecule has 0 radical (unpaired) electrons. The average Bonchev–Trinajstić information content (AvgIpc) is 1.91. The quantitative estimate of drug-likeness (QED) is 0.434. The van der Waals surface area contributed by atoms with Gasteiger partial charge in [0.05, 0.1) is 25.9 Å². The van der Waals surface area contributed by atoms with Gasteiger partial charge in [0, 0.05) is 6.54 Å². The Labute approximate surface area is 60.7 Å². The van der Waals surface area contributed by atoms with Crippen LogP contribution in [0.3, 0.4) is 0 Å². The van der Waals surface area contributed by atoms with E-state index in [1.54, 1.807) is 11.9 Å². The van der Waals surface area contributed by atoms with Crippen LogP contribution in [0.4, 0.5) is 0 Å². The highest BCUT2D eigenvalue weighted by molar-refractivity contribution is 4.64. The van der Waals surface area contributed by atoms with Crippen LogP contribution in [0.25, 0.3) is 0 Å². The molecule has 0 saturated carbocycles. The summed E-state index contributed by atoms with van der Waals surface area (Å²) in [5, 5.41) is 25.8. The zero-order valence-electron chi connectivity index (χ0n) is 6.19. The molecule has 0 aromatic rings. The molecule has 0 bridgehead atoms. The molecule has 0 heterocycles. The highest BCUT2D eigenvalue weighted by Crippen LogP contribution is 1.92. The summed E-state index contributed by atoms with van der Waals surface area (Å²) in [6.45, 7) is 0.374. The molecule has 0 atom stereocenters. The minimum atomic E-state index is -0.243. The van der Waals surface area contributed by atoms with Crippen LogP contribution < -0.4 is 0 Å². The predicted molar refractivity (Wildman–Crippen MR) is 37.7 cm³/mol. The lowest BCUT2D eigenvalue weighted by Crippen LogP contribution is -2.39. The molecule has 62 valence electrons. The normalized spacial score (nSPS) is 11.4. The third-order valence-electron chi connectivity index (χ3n) is 1.50. The maximum atomic E-state index is 8.64. The Hall–Kier alpha value is -0.160. The Bertz CT molecular complexity index is 75.4. The van der Waals surface area contributed by atoms with Crippen LogP contribution in [0.1, 0.15) is 0 Å². The van der Waals surface area contributed by atoms with Crippen LogP contribution in [-0.2, 0) is 0 Å². The number of aliphatic hydroxyl groups is 3. The van der Waals surface area contributed by atoms with Crippen molar-refractivity contribution in [3.63, 3.8) is 0 Å². The molecule has 0 spiro atoms. The number of likely N-dealkylation sites (N-methyl/N-ethyl adjacent to an activating group) is 1. The van der Waals surface area contributed by atoms with Crippen molar-refractivity contribution >= 4 is 0 Å². The number of hydrogen-bond acceptors (Lipinski definition) is 4. The van der Waals surface area contributed by atoms with Gasteiger partial charge in [-0.1, -0.05) is 0 Å². The lowest BCUT2D eigenvalue weighted by molar-refractivity contribution is 0.0794. The number of aliphatic hydroxyl groups excluding tert-OH is 3. The standard InChI is InChI=1S/C6H15NO3/c1-7(2-3-8)6(4-9)5-10/h6,8-10H,2-5H2,1H3. The molecule has 0 rings (SSSR count). The van der Waals surface area contributed by atoms with Gasteiger partial charge >= 0.3 is 0 Å². The highest BCUT2D eigenvalue weighted by atomic mass is 16.3. The molecule has 4 nitrogen and oxygen atoms in total. The molecule has 0 aliphatic carbocycles. The Morgan fingerprint density at radius 3 is 2.00 bits per heavy atom. The zero-order valence-corrected chi connectivity index (χ0v) is 6.19. The molecule has 10 heavy (non-hydrogen) atoms. The van der Waals surface area contributed by atoms with E-state index in [1.165, 1.54) is 0 Å². The van der Waals surface area contributed by atoms with Crippen molar-refractivity contribution in [2.45, 2.75) is 6.04 Å². The van der Waals surface area contributed by atoms with Crippen LogP contribution in [0, 0.1) is 0 Å². The molecule has 3 N–H and O–H groups in total. The summed E-state index contributed by atoms with van der Waals surface area (Å²) in [7, 11) is 1.74. The second-order valence-electron chi connectivity index (χ2n) is 2.22. The molecular weight excluding hydrogens is 134 g/mol. The van der Waals surface area contributed by atoms with Crippen molar-refractivity contribution in [1.82, 2.24) is 4.90 Å². The minimum Gasteiger partial charge on any atom is -0.395 e. The molecule has 0 aromatic heterocycles. The third-order valence-corrected chi connectivity index (χ3v) is 1.50. The third kappa shape index (κ3) is 3.12. The lowest BCUT2D eigenvalue weighted by atomic mass is 10.3. The average molecular weight is 149 g/mol. The summed E-state index contributed by atoms with van der Waals surface area (Å²) in [5.74, 6) is 0. The highest BCUT2D eigenvalue weighted by Gasteiger charge is 2.10. The van der Waals surface area contributed by atoms with Crippen LogP contribution in [0.15, 0.2) is 0 Å². The van der Waals surface area contributed by atoms with Gasteiger partial charge < -0.3 is 15.3 Å². The second kappa shape index (κ2) is 5.61. The minimum absolute atomic E-state index is 0.0486. The van der Waals surface area contributed by atoms with E-state index < -0.39 is 0 Å². The van der Waals surface area contributed by atoms with Crippen molar-refractivity contribution in [2.75, 3.05) is 33.4 Å². The van der Waals surface area contributed by atoms with E-state index in [0.717, 1.165) is 0 Å². The summed E-state index contributed by atoms with van der Waals surface area (Å²) >= 11 is 0. The summed E-state index contributed by atoms with van der Waals surface area (Å²) < 4.78 is 0. The molecule has 0 aromatic carbocycles. The first kappa shape index (κ1) is 9.84. The van der Waals surface area contributed by atoms with E-state index in [4.69, 9.17) is 15.3 Å². The van der Waals surface area contributed by atoms with Crippen molar-refractivity contribution in [1.29, 1.82) is 0 Å². The molecule has 0 unspecified atom stereocenters. The van der Waals surface area contributed by atoms with Crippen LogP contribution in [0.5, 0.6) is 0 Å². The predicted octanol–water partition coefficient (Wildman–Crippen LogP) is -1.74. The van der Waals surface area contributed by atoms with Crippen LogP contribution >= 0.6 is 0 Å². The number of rotatable bonds is 5. The largest absolute Gasteiger partial charge is 0.395 e. The molecule has 0 fully saturated rings. The molecule has 0 saturated heterocycles. The van der Waals surface area contributed by atoms with E-state index in [2.05, 4.69) is 0 Å². The first-order valence-electron chi connectivity index (χ1n) is 3.29. The number of hydrogen-bond donors (Lipinski definition) is 3. The maximum absolute atomic E-state index is 8.64. The Morgan fingerprint density at radius 2 is 1.70 bits per heavy atom. The summed E-state index contributed by atoms with van der Waals surface area (Å²) in [4.78, 5) is 1.71. The smallest absolute Gasteiger partial charge is 0.0609 e. The van der Waals surface area contributed by atoms with Crippen molar-refractivity contribution in [3.05, 3.63) is 0 Å². The molecule has 0 aliphatic heterocycles. The fraction of sp³-hybridized carbons (Fsp3) is 1.00. The van der Waals surface area contributed by atoms with Gasteiger partial charge in [0.1, 0.15) is 0 Å². The number of nitrogens with zero attached hydrogens (tertiary/aromatic N) is 1. The summed E-state index contributed by atoms with van der Waals surface area (Å²) in [5.41, 5.74) is 0. The first-order chi connectivity index (χ1) is 4.76. The van der Waals surface area contributed by atoms with Gasteiger partial charge in [0.2, 0.25) is 0 Å². The lowest BCUT2D eigenvalue weighted by Gasteiger charge is -2.23. The first-order valence-corrected chi connectivity index (χ1v) is 3.29. The van der Waals surface area contributed by atoms with E-state index in [-0.39, 0.29) is 25.9 Å². The van der Waals surface area contributed by atoms with E-state index in [0.29, 0.717) is 6.54 Å². The maximum Gasteiger partial charge on any atom is 0.0609 e. The van der Waals surface area contributed by atoms with Crippen LogP contribution in [-0.4, -0.2) is 59.7 Å². The Kier molecular flexibility index (Phi) is 5.52. The monoisotopic (exact) mass is 149 g/mol. The van der Waals surface area contributed by atoms with Crippen molar-refractivity contribution < 1.29 is 15.3 Å². The van der Waals surface area contributed by atoms with Crippen LogP contribution in [0.2, 0.25) is 0 Å². The van der Waals surface area contributed by atoms with Crippen molar-refractivity contribution in [3.8, 4) is 0 Å². The fourth-order valence-corrected chi connectivity index (χ4v) is 0.677. The molecule has 0 aliphatic rings. The summed E-state index contributed by atoms with van der Waals surface area (Å²) in [6, 6.07) is -0.243. The van der Waals surface area contributed by atoms with Crippen molar-refractivity contribution in [2.24, 2.45) is 0 Å². The van der Waals surface area contributed by atoms with Gasteiger partial charge in [-0.05, 0) is 7.05 Å². The van der Waals surface area contributed by atoms with Gasteiger partial charge in [-0.3, -0.25) is 4.90 Å². The van der Waals surface area contributed by atoms with E-state index >= 15 is 0 Å². The molecular formula is C6H15NO3. The van der Waals surface area contributed by atoms with Gasteiger partial charge in [-0.15, -0.1) is 0 Å². The van der Waals surface area contributed by atoms with E-state index in [9.17, 15) is 0 Å². The zero-order chi connectivity index (χ0) is 7.98. The summed E-state index contributed by atoms with van der Waals surface area (Å²) in [6.07, 6.45) is 0. The van der Waals surface area contributed by atoms with Gasteiger partial charge in [-0.2, -0.15) is 0 Å². The SMILES string of the molecule is CN(CCO)C(CO)CO. The van der Waals surface area contributed by atoms with Gasteiger partial charge in [-0.25, -0.2) is 0 Å². The molecule has 4 heteroatoms. The fourth-order valence-electron chi connectivity index (χ4n) is 0.677. The second-order valence-corrected chi connectivity index (χ2v) is 2.22. The Balaban J connectivity index is 3.53. The van der Waals surface area contributed by atoms with E-state index in [1.807, 2.05) is 0 Å². The van der Waals surface area contributed by atoms with Gasteiger partial charge in [0.25, 0.3) is 0 Å². The van der Waals surface area contributed by atoms with Gasteiger partial charge in [0.15, 0.2) is 0 Å². The topological polar surface area (TPSA) is 63.9 Å².